The van der Waals surface area contributed by atoms with Crippen LogP contribution in [0.2, 0.25) is 0 Å². The molecule has 2 heterocycles. The fourth-order valence-electron chi connectivity index (χ4n) is 1.73. The molecule has 0 amide bonds. The molecule has 0 N–H and O–H groups in total. The van der Waals surface area contributed by atoms with E-state index in [1.165, 1.54) is 11.3 Å². The Morgan fingerprint density at radius 1 is 1.22 bits per heavy atom. The lowest BCUT2D eigenvalue weighted by Crippen LogP contribution is -2.10. The molecule has 23 heavy (non-hydrogen) atoms. The first-order chi connectivity index (χ1) is 11.0. The Morgan fingerprint density at radius 3 is 2.61 bits per heavy atom. The Kier molecular flexibility index (Phi) is 4.49. The summed E-state index contributed by atoms with van der Waals surface area (Å²) in [5.41, 5.74) is -0.755. The topological polar surface area (TPSA) is 65.2 Å². The summed E-state index contributed by atoms with van der Waals surface area (Å²) in [6, 6.07) is 6.71. The highest BCUT2D eigenvalue weighted by atomic mass is 79.9. The summed E-state index contributed by atoms with van der Waals surface area (Å²) >= 11 is 4.71. The molecule has 118 valence electrons. The first kappa shape index (κ1) is 15.8. The summed E-state index contributed by atoms with van der Waals surface area (Å²) in [5.74, 6) is -2.84. The second kappa shape index (κ2) is 6.55. The van der Waals surface area contributed by atoms with Crippen LogP contribution in [-0.4, -0.2) is 16.2 Å². The molecule has 0 saturated heterocycles. The minimum absolute atomic E-state index is 0.0228. The van der Waals surface area contributed by atoms with Crippen LogP contribution in [-0.2, 0) is 11.3 Å². The average Bonchev–Trinajstić information content (AvgIpc) is 3.13. The predicted molar refractivity (Wildman–Crippen MR) is 80.8 cm³/mol. The minimum Gasteiger partial charge on any atom is -0.452 e. The van der Waals surface area contributed by atoms with E-state index in [2.05, 4.69) is 26.1 Å². The summed E-state index contributed by atoms with van der Waals surface area (Å²) in [7, 11) is 0. The lowest BCUT2D eigenvalue weighted by molar-refractivity contribution is 0.0427. The lowest BCUT2D eigenvalue weighted by Gasteiger charge is -2.04. The maximum atomic E-state index is 13.5. The van der Waals surface area contributed by atoms with Gasteiger partial charge in [-0.2, -0.15) is 0 Å². The summed E-state index contributed by atoms with van der Waals surface area (Å²) < 4.78 is 38.0. The van der Waals surface area contributed by atoms with Crippen molar-refractivity contribution in [1.82, 2.24) is 10.2 Å². The molecule has 0 radical (unpaired) electrons. The largest absolute Gasteiger partial charge is 0.452 e. The van der Waals surface area contributed by atoms with E-state index in [0.717, 1.165) is 26.9 Å². The van der Waals surface area contributed by atoms with Gasteiger partial charge in [0.2, 0.25) is 0 Å². The summed E-state index contributed by atoms with van der Waals surface area (Å²) in [6.07, 6.45) is 0. The van der Waals surface area contributed by atoms with Crippen LogP contribution in [0.15, 0.2) is 38.5 Å². The molecule has 9 heteroatoms. The number of esters is 1. The molecule has 0 bridgehead atoms. The SMILES string of the molecule is O=C(OCc1nnc(-c2ccc(Br)s2)o1)c1c(F)cccc1F. The van der Waals surface area contributed by atoms with Crippen LogP contribution in [0.3, 0.4) is 0 Å². The standard InChI is InChI=1S/C14H7BrF2N2O3S/c15-10-5-4-9(23-10)13-19-18-11(22-13)6-21-14(20)12-7(16)2-1-3-8(12)17/h1-5H,6H2. The number of thiophene rings is 1. The minimum atomic E-state index is -1.14. The van der Waals surface area contributed by atoms with Gasteiger partial charge in [0.15, 0.2) is 6.61 Å². The van der Waals surface area contributed by atoms with Crippen molar-refractivity contribution in [2.45, 2.75) is 6.61 Å². The third kappa shape index (κ3) is 3.45. The van der Waals surface area contributed by atoms with Gasteiger partial charge in [0.1, 0.15) is 17.2 Å². The molecule has 3 aromatic rings. The van der Waals surface area contributed by atoms with Crippen molar-refractivity contribution in [3.8, 4) is 10.8 Å². The summed E-state index contributed by atoms with van der Waals surface area (Å²) in [4.78, 5) is 12.5. The predicted octanol–water partition coefficient (Wildman–Crippen LogP) is 4.20. The van der Waals surface area contributed by atoms with Crippen LogP contribution in [0.5, 0.6) is 0 Å². The van der Waals surface area contributed by atoms with Crippen LogP contribution < -0.4 is 0 Å². The molecular weight excluding hydrogens is 394 g/mol. The monoisotopic (exact) mass is 400 g/mol. The van der Waals surface area contributed by atoms with Crippen molar-refractivity contribution in [2.75, 3.05) is 0 Å². The fraction of sp³-hybridized carbons (Fsp3) is 0.0714. The molecule has 0 unspecified atom stereocenters. The number of halogens is 3. The van der Waals surface area contributed by atoms with E-state index in [-0.39, 0.29) is 18.4 Å². The molecule has 0 aliphatic carbocycles. The van der Waals surface area contributed by atoms with Gasteiger partial charge in [-0.25, -0.2) is 13.6 Å². The molecule has 2 aromatic heterocycles. The second-order valence-electron chi connectivity index (χ2n) is 4.28. The quantitative estimate of drug-likeness (QED) is 0.614. The number of carbonyl (C=O) groups excluding carboxylic acids is 1. The van der Waals surface area contributed by atoms with Gasteiger partial charge in [-0.3, -0.25) is 0 Å². The van der Waals surface area contributed by atoms with Gasteiger partial charge in [0, 0.05) is 0 Å². The van der Waals surface area contributed by atoms with Crippen molar-refractivity contribution in [1.29, 1.82) is 0 Å². The Morgan fingerprint density at radius 2 is 1.96 bits per heavy atom. The van der Waals surface area contributed by atoms with Crippen LogP contribution in [0.25, 0.3) is 10.8 Å². The number of nitrogens with zero attached hydrogens (tertiary/aromatic N) is 2. The maximum Gasteiger partial charge on any atom is 0.344 e. The van der Waals surface area contributed by atoms with E-state index in [0.29, 0.717) is 0 Å². The van der Waals surface area contributed by atoms with E-state index < -0.39 is 23.2 Å². The van der Waals surface area contributed by atoms with Crippen molar-refractivity contribution in [3.05, 3.63) is 57.2 Å². The Balaban J connectivity index is 1.69. The number of benzene rings is 1. The normalized spacial score (nSPS) is 10.7. The van der Waals surface area contributed by atoms with Crippen LogP contribution in [0.1, 0.15) is 16.2 Å². The molecule has 0 atom stereocenters. The van der Waals surface area contributed by atoms with Gasteiger partial charge in [-0.05, 0) is 40.2 Å². The van der Waals surface area contributed by atoms with E-state index in [1.807, 2.05) is 6.07 Å². The fourth-order valence-corrected chi connectivity index (χ4v) is 3.04. The number of hydrogen-bond acceptors (Lipinski definition) is 6. The van der Waals surface area contributed by atoms with Crippen LogP contribution in [0.4, 0.5) is 8.78 Å². The molecule has 0 aliphatic rings. The van der Waals surface area contributed by atoms with Gasteiger partial charge in [0.25, 0.3) is 11.8 Å². The van der Waals surface area contributed by atoms with Crippen LogP contribution >= 0.6 is 27.3 Å². The van der Waals surface area contributed by atoms with E-state index in [9.17, 15) is 13.6 Å². The van der Waals surface area contributed by atoms with Crippen molar-refractivity contribution >= 4 is 33.2 Å². The Labute approximate surface area is 141 Å². The number of aromatic nitrogens is 2. The zero-order valence-corrected chi connectivity index (χ0v) is 13.7. The molecule has 1 aromatic carbocycles. The highest BCUT2D eigenvalue weighted by Gasteiger charge is 2.20. The Bertz CT molecular complexity index is 845. The van der Waals surface area contributed by atoms with Gasteiger partial charge in [0.05, 0.1) is 8.66 Å². The van der Waals surface area contributed by atoms with E-state index in [1.54, 1.807) is 6.07 Å². The summed E-state index contributed by atoms with van der Waals surface area (Å²) in [5, 5.41) is 7.54. The van der Waals surface area contributed by atoms with E-state index in [4.69, 9.17) is 9.15 Å². The maximum absolute atomic E-state index is 13.5. The zero-order valence-electron chi connectivity index (χ0n) is 11.3. The lowest BCUT2D eigenvalue weighted by atomic mass is 10.2. The number of ether oxygens (including phenoxy) is 1. The first-order valence-electron chi connectivity index (χ1n) is 6.24. The van der Waals surface area contributed by atoms with Gasteiger partial charge in [-0.1, -0.05) is 6.07 Å². The Hall–Kier alpha value is -2.13. The van der Waals surface area contributed by atoms with E-state index >= 15 is 0 Å². The molecule has 0 saturated carbocycles. The third-order valence-electron chi connectivity index (χ3n) is 2.74. The van der Waals surface area contributed by atoms with Crippen LogP contribution in [0, 0.1) is 11.6 Å². The van der Waals surface area contributed by atoms with Gasteiger partial charge in [-0.15, -0.1) is 21.5 Å². The molecule has 3 rings (SSSR count). The molecule has 0 spiro atoms. The molecule has 0 fully saturated rings. The smallest absolute Gasteiger partial charge is 0.344 e. The van der Waals surface area contributed by atoms with Gasteiger partial charge >= 0.3 is 5.97 Å². The van der Waals surface area contributed by atoms with Gasteiger partial charge < -0.3 is 9.15 Å². The van der Waals surface area contributed by atoms with Crippen molar-refractivity contribution < 1.29 is 22.7 Å². The number of carbonyl (C=O) groups is 1. The molecule has 0 aliphatic heterocycles. The highest BCUT2D eigenvalue weighted by molar-refractivity contribution is 9.11. The first-order valence-corrected chi connectivity index (χ1v) is 7.85. The third-order valence-corrected chi connectivity index (χ3v) is 4.36. The zero-order chi connectivity index (χ0) is 16.4. The van der Waals surface area contributed by atoms with Crippen molar-refractivity contribution in [3.63, 3.8) is 0 Å². The van der Waals surface area contributed by atoms with Crippen molar-refractivity contribution in [2.24, 2.45) is 0 Å². The molecular formula is C14H7BrF2N2O3S. The number of hydrogen-bond donors (Lipinski definition) is 0. The number of rotatable bonds is 4. The summed E-state index contributed by atoms with van der Waals surface area (Å²) in [6.45, 7) is -0.383. The molecule has 5 nitrogen and oxygen atoms in total. The average molecular weight is 401 g/mol. The highest BCUT2D eigenvalue weighted by Crippen LogP contribution is 2.30. The second-order valence-corrected chi connectivity index (χ2v) is 6.74.